The highest BCUT2D eigenvalue weighted by Gasteiger charge is 2.45. The first-order valence-electron chi connectivity index (χ1n) is 6.18. The molecule has 0 aliphatic carbocycles. The predicted molar refractivity (Wildman–Crippen MR) is 74.5 cm³/mol. The SMILES string of the molecule is CC(C)(C)[C@](C)(NC(=O)O)C(=O)c1ccc(C#N)cc1. The molecule has 0 aromatic heterocycles. The van der Waals surface area contributed by atoms with Gasteiger partial charge in [0.1, 0.15) is 5.54 Å². The van der Waals surface area contributed by atoms with Crippen LogP contribution in [0, 0.1) is 16.7 Å². The van der Waals surface area contributed by atoms with Gasteiger partial charge in [0.05, 0.1) is 11.6 Å². The Kier molecular flexibility index (Phi) is 4.19. The number of nitrogens with zero attached hydrogens (tertiary/aromatic N) is 1. The zero-order valence-electron chi connectivity index (χ0n) is 12.0. The molecule has 0 aliphatic rings. The van der Waals surface area contributed by atoms with Crippen molar-refractivity contribution in [3.63, 3.8) is 0 Å². The minimum atomic E-state index is -1.26. The normalized spacial score (nSPS) is 13.9. The lowest BCUT2D eigenvalue weighted by Gasteiger charge is -2.40. The number of rotatable bonds is 3. The fourth-order valence-electron chi connectivity index (χ4n) is 1.78. The van der Waals surface area contributed by atoms with E-state index in [1.54, 1.807) is 27.7 Å². The van der Waals surface area contributed by atoms with E-state index in [2.05, 4.69) is 5.32 Å². The van der Waals surface area contributed by atoms with Crippen molar-refractivity contribution in [2.24, 2.45) is 5.41 Å². The molecule has 0 fully saturated rings. The summed E-state index contributed by atoms with van der Waals surface area (Å²) in [7, 11) is 0. The summed E-state index contributed by atoms with van der Waals surface area (Å²) < 4.78 is 0. The molecular formula is C15H18N2O3. The van der Waals surface area contributed by atoms with Crippen molar-refractivity contribution in [1.29, 1.82) is 5.26 Å². The fraction of sp³-hybridized carbons (Fsp3) is 0.400. The van der Waals surface area contributed by atoms with E-state index >= 15 is 0 Å². The van der Waals surface area contributed by atoms with Crippen molar-refractivity contribution in [1.82, 2.24) is 5.32 Å². The number of hydrogen-bond donors (Lipinski definition) is 2. The predicted octanol–water partition coefficient (Wildman–Crippen LogP) is 2.81. The largest absolute Gasteiger partial charge is 0.465 e. The van der Waals surface area contributed by atoms with Crippen molar-refractivity contribution in [3.8, 4) is 6.07 Å². The molecule has 0 bridgehead atoms. The highest BCUT2D eigenvalue weighted by molar-refractivity contribution is 6.05. The molecule has 0 spiro atoms. The van der Waals surface area contributed by atoms with Crippen LogP contribution in [-0.2, 0) is 0 Å². The summed E-state index contributed by atoms with van der Waals surface area (Å²) >= 11 is 0. The topological polar surface area (TPSA) is 90.2 Å². The molecule has 106 valence electrons. The molecule has 20 heavy (non-hydrogen) atoms. The molecule has 0 aliphatic heterocycles. The zero-order chi connectivity index (χ0) is 15.6. The Balaban J connectivity index is 3.24. The molecule has 1 rings (SSSR count). The van der Waals surface area contributed by atoms with Crippen LogP contribution < -0.4 is 5.32 Å². The van der Waals surface area contributed by atoms with Gasteiger partial charge in [-0.2, -0.15) is 5.26 Å². The monoisotopic (exact) mass is 274 g/mol. The Morgan fingerprint density at radius 1 is 1.15 bits per heavy atom. The van der Waals surface area contributed by atoms with Gasteiger partial charge in [0.15, 0.2) is 5.78 Å². The van der Waals surface area contributed by atoms with Gasteiger partial charge in [-0.15, -0.1) is 0 Å². The second-order valence-corrected chi connectivity index (χ2v) is 5.82. The third-order valence-electron chi connectivity index (χ3n) is 3.59. The molecule has 2 N–H and O–H groups in total. The Morgan fingerprint density at radius 3 is 2.00 bits per heavy atom. The van der Waals surface area contributed by atoms with Crippen LogP contribution in [0.25, 0.3) is 0 Å². The quantitative estimate of drug-likeness (QED) is 0.829. The molecule has 1 aromatic carbocycles. The summed E-state index contributed by atoms with van der Waals surface area (Å²) in [6.07, 6.45) is -1.25. The Hall–Kier alpha value is -2.35. The van der Waals surface area contributed by atoms with Gasteiger partial charge in [-0.3, -0.25) is 4.79 Å². The van der Waals surface area contributed by atoms with Crippen LogP contribution in [0.1, 0.15) is 43.6 Å². The number of benzene rings is 1. The summed E-state index contributed by atoms with van der Waals surface area (Å²) in [6, 6.07) is 8.12. The fourth-order valence-corrected chi connectivity index (χ4v) is 1.78. The van der Waals surface area contributed by atoms with E-state index in [0.29, 0.717) is 11.1 Å². The Labute approximate surface area is 118 Å². The number of carbonyl (C=O) groups excluding carboxylic acids is 1. The van der Waals surface area contributed by atoms with Gasteiger partial charge in [0, 0.05) is 5.56 Å². The maximum Gasteiger partial charge on any atom is 0.405 e. The summed E-state index contributed by atoms with van der Waals surface area (Å²) in [4.78, 5) is 23.6. The lowest BCUT2D eigenvalue weighted by molar-refractivity contribution is 0.0689. The smallest absolute Gasteiger partial charge is 0.405 e. The average Bonchev–Trinajstić information content (AvgIpc) is 2.35. The molecule has 0 heterocycles. The second kappa shape index (κ2) is 5.33. The summed E-state index contributed by atoms with van der Waals surface area (Å²) in [6.45, 7) is 6.96. The van der Waals surface area contributed by atoms with Gasteiger partial charge in [-0.1, -0.05) is 32.9 Å². The number of nitriles is 1. The van der Waals surface area contributed by atoms with Crippen LogP contribution in [0.2, 0.25) is 0 Å². The third kappa shape index (κ3) is 2.97. The van der Waals surface area contributed by atoms with E-state index in [0.717, 1.165) is 0 Å². The molecule has 0 unspecified atom stereocenters. The maximum atomic E-state index is 12.6. The van der Waals surface area contributed by atoms with Crippen molar-refractivity contribution in [2.45, 2.75) is 33.2 Å². The van der Waals surface area contributed by atoms with Crippen molar-refractivity contribution < 1.29 is 14.7 Å². The van der Waals surface area contributed by atoms with Crippen LogP contribution in [-0.4, -0.2) is 22.5 Å². The first-order valence-corrected chi connectivity index (χ1v) is 6.18. The average molecular weight is 274 g/mol. The molecule has 5 heteroatoms. The number of carboxylic acid groups (broad SMARTS) is 1. The molecular weight excluding hydrogens is 256 g/mol. The lowest BCUT2D eigenvalue weighted by Crippen LogP contribution is -2.60. The van der Waals surface area contributed by atoms with E-state index < -0.39 is 17.0 Å². The zero-order valence-corrected chi connectivity index (χ0v) is 12.0. The van der Waals surface area contributed by atoms with Crippen molar-refractivity contribution >= 4 is 11.9 Å². The lowest BCUT2D eigenvalue weighted by atomic mass is 9.70. The minimum absolute atomic E-state index is 0.322. The van der Waals surface area contributed by atoms with Crippen LogP contribution in [0.15, 0.2) is 24.3 Å². The number of ketones is 1. The maximum absolute atomic E-state index is 12.6. The molecule has 1 atom stereocenters. The van der Waals surface area contributed by atoms with Gasteiger partial charge in [-0.25, -0.2) is 4.79 Å². The van der Waals surface area contributed by atoms with Gasteiger partial charge >= 0.3 is 6.09 Å². The van der Waals surface area contributed by atoms with Crippen molar-refractivity contribution in [2.75, 3.05) is 0 Å². The molecule has 5 nitrogen and oxygen atoms in total. The first-order chi connectivity index (χ1) is 9.11. The number of hydrogen-bond acceptors (Lipinski definition) is 3. The van der Waals surface area contributed by atoms with E-state index in [4.69, 9.17) is 10.4 Å². The summed E-state index contributed by atoms with van der Waals surface area (Å²) in [5.41, 5.74) is -1.04. The van der Waals surface area contributed by atoms with Crippen LogP contribution in [0.5, 0.6) is 0 Å². The minimum Gasteiger partial charge on any atom is -0.465 e. The van der Waals surface area contributed by atoms with Gasteiger partial charge in [0.2, 0.25) is 0 Å². The van der Waals surface area contributed by atoms with E-state index in [9.17, 15) is 9.59 Å². The molecule has 1 amide bonds. The van der Waals surface area contributed by atoms with E-state index in [1.165, 1.54) is 24.3 Å². The molecule has 0 saturated carbocycles. The molecule has 0 saturated heterocycles. The third-order valence-corrected chi connectivity index (χ3v) is 3.59. The highest BCUT2D eigenvalue weighted by atomic mass is 16.4. The Bertz CT molecular complexity index is 564. The molecule has 1 aromatic rings. The van der Waals surface area contributed by atoms with Crippen molar-refractivity contribution in [3.05, 3.63) is 35.4 Å². The number of carbonyl (C=O) groups is 2. The van der Waals surface area contributed by atoms with E-state index in [1.807, 2.05) is 6.07 Å². The molecule has 0 radical (unpaired) electrons. The van der Waals surface area contributed by atoms with Gasteiger partial charge in [0.25, 0.3) is 0 Å². The van der Waals surface area contributed by atoms with Gasteiger partial charge in [-0.05, 0) is 24.5 Å². The highest BCUT2D eigenvalue weighted by Crippen LogP contribution is 2.33. The summed E-state index contributed by atoms with van der Waals surface area (Å²) in [5.74, 6) is -0.322. The van der Waals surface area contributed by atoms with E-state index in [-0.39, 0.29) is 5.78 Å². The van der Waals surface area contributed by atoms with Crippen LogP contribution >= 0.6 is 0 Å². The summed E-state index contributed by atoms with van der Waals surface area (Å²) in [5, 5.41) is 20.1. The second-order valence-electron chi connectivity index (χ2n) is 5.82. The first kappa shape index (κ1) is 15.7. The van der Waals surface area contributed by atoms with Crippen LogP contribution in [0.4, 0.5) is 4.79 Å². The number of amides is 1. The number of nitrogens with one attached hydrogen (secondary N) is 1. The number of Topliss-reactive ketones (excluding diaryl/α,β-unsaturated/α-hetero) is 1. The van der Waals surface area contributed by atoms with Gasteiger partial charge < -0.3 is 10.4 Å². The Morgan fingerprint density at radius 2 is 1.65 bits per heavy atom. The standard InChI is InChI=1S/C15H18N2O3/c1-14(2,3)15(4,17-13(19)20)12(18)11-7-5-10(9-16)6-8-11/h5-8,17H,1-4H3,(H,19,20)/t15-/m1/s1. The van der Waals surface area contributed by atoms with Crippen LogP contribution in [0.3, 0.4) is 0 Å².